The molecule has 2 aromatic carbocycles. The molecule has 5 rings (SSSR count). The Balaban J connectivity index is 1.25. The number of nitrogens with one attached hydrogen (secondary N) is 1. The van der Waals surface area contributed by atoms with Crippen LogP contribution in [0, 0.1) is 5.92 Å². The molecular weight excluding hydrogens is 420 g/mol. The van der Waals surface area contributed by atoms with E-state index in [1.165, 1.54) is 4.90 Å². The Hall–Kier alpha value is -3.35. The Labute approximate surface area is 192 Å². The van der Waals surface area contributed by atoms with Crippen molar-refractivity contribution >= 4 is 18.0 Å². The number of ether oxygens (including phenoxy) is 1. The molecule has 0 bridgehead atoms. The summed E-state index contributed by atoms with van der Waals surface area (Å²) in [6, 6.07) is 15.4. The monoisotopic (exact) mass is 448 g/mol. The number of carbonyl (C=O) groups excluding carboxylic acids is 2. The van der Waals surface area contributed by atoms with Crippen LogP contribution in [0.25, 0.3) is 11.1 Å². The maximum Gasteiger partial charge on any atom is 0.407 e. The molecule has 0 aromatic heterocycles. The van der Waals surface area contributed by atoms with Gasteiger partial charge in [-0.1, -0.05) is 55.5 Å². The van der Waals surface area contributed by atoms with Gasteiger partial charge in [0.05, 0.1) is 0 Å². The number of hydrogen-bond donors (Lipinski definition) is 2. The largest absolute Gasteiger partial charge is 0.479 e. The molecule has 0 radical (unpaired) electrons. The van der Waals surface area contributed by atoms with Gasteiger partial charge in [0.15, 0.2) is 0 Å². The number of fused-ring (bicyclic) bond motifs is 4. The summed E-state index contributed by atoms with van der Waals surface area (Å²) >= 11 is 0. The van der Waals surface area contributed by atoms with Gasteiger partial charge in [0.2, 0.25) is 5.91 Å². The highest BCUT2D eigenvalue weighted by Gasteiger charge is 2.67. The molecule has 1 heterocycles. The maximum absolute atomic E-state index is 13.2. The molecule has 2 aliphatic carbocycles. The first-order valence-electron chi connectivity index (χ1n) is 11.6. The average molecular weight is 449 g/mol. The highest BCUT2D eigenvalue weighted by molar-refractivity contribution is 5.94. The van der Waals surface area contributed by atoms with Gasteiger partial charge in [0.25, 0.3) is 0 Å². The van der Waals surface area contributed by atoms with Crippen LogP contribution >= 0.6 is 0 Å². The number of hydrogen-bond acceptors (Lipinski definition) is 4. The third kappa shape index (κ3) is 3.46. The van der Waals surface area contributed by atoms with Gasteiger partial charge in [0, 0.05) is 12.5 Å². The Morgan fingerprint density at radius 2 is 1.76 bits per heavy atom. The van der Waals surface area contributed by atoms with E-state index in [1.54, 1.807) is 6.92 Å². The molecule has 1 unspecified atom stereocenters. The summed E-state index contributed by atoms with van der Waals surface area (Å²) in [5.41, 5.74) is 3.43. The maximum atomic E-state index is 13.2. The van der Waals surface area contributed by atoms with Crippen molar-refractivity contribution in [3.63, 3.8) is 0 Å². The van der Waals surface area contributed by atoms with Crippen LogP contribution in [0.1, 0.15) is 49.7 Å². The topological polar surface area (TPSA) is 95.9 Å². The second-order valence-electron chi connectivity index (χ2n) is 9.19. The van der Waals surface area contributed by atoms with E-state index in [0.29, 0.717) is 19.4 Å². The first-order chi connectivity index (χ1) is 16.0. The Kier molecular flexibility index (Phi) is 5.35. The van der Waals surface area contributed by atoms with Gasteiger partial charge in [-0.2, -0.15) is 0 Å². The molecule has 2 amide bonds. The van der Waals surface area contributed by atoms with Gasteiger partial charge >= 0.3 is 12.1 Å². The van der Waals surface area contributed by atoms with Gasteiger partial charge < -0.3 is 20.1 Å². The molecule has 3 aliphatic rings. The predicted molar refractivity (Wildman–Crippen MR) is 122 cm³/mol. The van der Waals surface area contributed by atoms with Crippen LogP contribution in [-0.2, 0) is 14.3 Å². The van der Waals surface area contributed by atoms with Crippen molar-refractivity contribution < 1.29 is 24.2 Å². The minimum absolute atomic E-state index is 0.0136. The zero-order valence-corrected chi connectivity index (χ0v) is 18.6. The van der Waals surface area contributed by atoms with Gasteiger partial charge in [-0.15, -0.1) is 0 Å². The normalized spacial score (nSPS) is 23.7. The number of carboxylic acid groups (broad SMARTS) is 1. The van der Waals surface area contributed by atoms with E-state index < -0.39 is 23.6 Å². The molecule has 172 valence electrons. The van der Waals surface area contributed by atoms with Crippen molar-refractivity contribution in [1.82, 2.24) is 10.2 Å². The van der Waals surface area contributed by atoms with Crippen LogP contribution in [-0.4, -0.2) is 52.7 Å². The number of amides is 2. The molecular formula is C26H28N2O5. The second-order valence-corrected chi connectivity index (χ2v) is 9.19. The summed E-state index contributed by atoms with van der Waals surface area (Å²) in [6.45, 7) is 2.37. The van der Waals surface area contributed by atoms with E-state index in [9.17, 15) is 19.5 Å². The minimum atomic E-state index is -1.09. The first kappa shape index (κ1) is 21.5. The smallest absolute Gasteiger partial charge is 0.407 e. The molecule has 2 fully saturated rings. The van der Waals surface area contributed by atoms with Crippen molar-refractivity contribution in [2.45, 2.75) is 50.1 Å². The van der Waals surface area contributed by atoms with Gasteiger partial charge in [-0.05, 0) is 53.9 Å². The SMILES string of the molecule is CCC(NC(=O)OCC1c2ccccc2-c2ccccc21)C(=O)N1CCC[C@@H]2C[C@@]21C(=O)O. The third-order valence-corrected chi connectivity index (χ3v) is 7.47. The van der Waals surface area contributed by atoms with Crippen molar-refractivity contribution in [3.05, 3.63) is 59.7 Å². The van der Waals surface area contributed by atoms with Crippen molar-refractivity contribution in [3.8, 4) is 11.1 Å². The number of piperidine rings is 1. The van der Waals surface area contributed by atoms with E-state index in [4.69, 9.17) is 4.74 Å². The van der Waals surface area contributed by atoms with E-state index in [0.717, 1.165) is 35.1 Å². The number of likely N-dealkylation sites (tertiary alicyclic amines) is 1. The predicted octanol–water partition coefficient (Wildman–Crippen LogP) is 3.77. The summed E-state index contributed by atoms with van der Waals surface area (Å²) < 4.78 is 5.58. The fourth-order valence-corrected chi connectivity index (χ4v) is 5.68. The molecule has 0 spiro atoms. The molecule has 33 heavy (non-hydrogen) atoms. The number of alkyl carbamates (subject to hydrolysis) is 1. The highest BCUT2D eigenvalue weighted by Crippen LogP contribution is 2.54. The molecule has 7 nitrogen and oxygen atoms in total. The minimum Gasteiger partial charge on any atom is -0.479 e. The molecule has 3 atom stereocenters. The molecule has 7 heteroatoms. The number of rotatable bonds is 6. The molecule has 2 N–H and O–H groups in total. The Bertz CT molecular complexity index is 1070. The van der Waals surface area contributed by atoms with Crippen molar-refractivity contribution in [2.24, 2.45) is 5.92 Å². The lowest BCUT2D eigenvalue weighted by Crippen LogP contribution is -2.57. The van der Waals surface area contributed by atoms with Crippen molar-refractivity contribution in [2.75, 3.05) is 13.2 Å². The number of benzene rings is 2. The Morgan fingerprint density at radius 3 is 2.36 bits per heavy atom. The summed E-state index contributed by atoms with van der Waals surface area (Å²) in [4.78, 5) is 39.2. The molecule has 1 saturated heterocycles. The lowest BCUT2D eigenvalue weighted by Gasteiger charge is -2.36. The van der Waals surface area contributed by atoms with E-state index >= 15 is 0 Å². The van der Waals surface area contributed by atoms with E-state index in [1.807, 2.05) is 36.4 Å². The number of aliphatic carboxylic acids is 1. The van der Waals surface area contributed by atoms with Gasteiger partial charge in [-0.25, -0.2) is 9.59 Å². The quantitative estimate of drug-likeness (QED) is 0.701. The zero-order chi connectivity index (χ0) is 23.2. The van der Waals surface area contributed by atoms with Crippen LogP contribution in [0.2, 0.25) is 0 Å². The fourth-order valence-electron chi connectivity index (χ4n) is 5.68. The highest BCUT2D eigenvalue weighted by atomic mass is 16.5. The lowest BCUT2D eigenvalue weighted by molar-refractivity contribution is -0.155. The summed E-state index contributed by atoms with van der Waals surface area (Å²) in [6.07, 6.45) is 1.81. The summed E-state index contributed by atoms with van der Waals surface area (Å²) in [7, 11) is 0. The average Bonchev–Trinajstić information content (AvgIpc) is 3.52. The van der Waals surface area contributed by atoms with Crippen molar-refractivity contribution in [1.29, 1.82) is 0 Å². The van der Waals surface area contributed by atoms with E-state index in [2.05, 4.69) is 17.4 Å². The number of carboxylic acids is 1. The number of nitrogens with zero attached hydrogens (tertiary/aromatic N) is 1. The van der Waals surface area contributed by atoms with Crippen LogP contribution < -0.4 is 5.32 Å². The molecule has 1 saturated carbocycles. The van der Waals surface area contributed by atoms with Gasteiger partial charge in [-0.3, -0.25) is 4.79 Å². The molecule has 2 aromatic rings. The van der Waals surface area contributed by atoms with Crippen LogP contribution in [0.15, 0.2) is 48.5 Å². The van der Waals surface area contributed by atoms with Gasteiger partial charge in [0.1, 0.15) is 18.2 Å². The standard InChI is InChI=1S/C26H28N2O5/c1-2-22(23(29)28-13-7-8-16-14-26(16,28)24(30)31)27-25(32)33-15-21-19-11-5-3-9-17(19)18-10-4-6-12-20(18)21/h3-6,9-12,16,21-22H,2,7-8,13-15H2,1H3,(H,27,32)(H,30,31)/t16-,22?,26+/m1/s1. The lowest BCUT2D eigenvalue weighted by atomic mass is 9.98. The summed E-state index contributed by atoms with van der Waals surface area (Å²) in [5.74, 6) is -1.34. The zero-order valence-electron chi connectivity index (χ0n) is 18.6. The van der Waals surface area contributed by atoms with Crippen LogP contribution in [0.5, 0.6) is 0 Å². The number of carbonyl (C=O) groups is 3. The van der Waals surface area contributed by atoms with Crippen LogP contribution in [0.3, 0.4) is 0 Å². The van der Waals surface area contributed by atoms with Crippen LogP contribution in [0.4, 0.5) is 4.79 Å². The van der Waals surface area contributed by atoms with E-state index in [-0.39, 0.29) is 24.3 Å². The fraction of sp³-hybridized carbons (Fsp3) is 0.423. The third-order valence-electron chi connectivity index (χ3n) is 7.47. The summed E-state index contributed by atoms with van der Waals surface area (Å²) in [5, 5.41) is 12.4. The Morgan fingerprint density at radius 1 is 1.12 bits per heavy atom. The second kappa shape index (κ2) is 8.21. The first-order valence-corrected chi connectivity index (χ1v) is 11.6. The molecule has 1 aliphatic heterocycles.